The molecule has 1 aliphatic heterocycles. The van der Waals surface area contributed by atoms with Crippen LogP contribution in [0.4, 0.5) is 0 Å². The number of fused-ring (bicyclic) bond motifs is 1. The number of rotatable bonds is 4. The number of hydrogen-bond acceptors (Lipinski definition) is 3. The summed E-state index contributed by atoms with van der Waals surface area (Å²) in [6.07, 6.45) is 11.8. The average molecular weight is 393 g/mol. The fourth-order valence-corrected chi connectivity index (χ4v) is 5.69. The molecule has 1 aromatic carbocycles. The van der Waals surface area contributed by atoms with Crippen molar-refractivity contribution in [3.63, 3.8) is 0 Å². The maximum absolute atomic E-state index is 13.4. The molecule has 2 atom stereocenters. The van der Waals surface area contributed by atoms with Gasteiger partial charge in [-0.1, -0.05) is 56.0 Å². The van der Waals surface area contributed by atoms with Gasteiger partial charge < -0.3 is 4.90 Å². The van der Waals surface area contributed by atoms with Crippen LogP contribution in [-0.2, 0) is 6.54 Å². The Hall–Kier alpha value is -2.14. The first-order valence-corrected chi connectivity index (χ1v) is 11.4. The van der Waals surface area contributed by atoms with Gasteiger partial charge in [0.15, 0.2) is 0 Å². The fraction of sp³-hybridized carbons (Fsp3) is 0.583. The molecule has 3 fully saturated rings. The molecule has 0 bridgehead atoms. The molecule has 2 unspecified atom stereocenters. The third-order valence-electron chi connectivity index (χ3n) is 7.21. The predicted octanol–water partition coefficient (Wildman–Crippen LogP) is 4.27. The van der Waals surface area contributed by atoms with Gasteiger partial charge in [-0.15, -0.1) is 0 Å². The van der Waals surface area contributed by atoms with Crippen molar-refractivity contribution in [3.05, 3.63) is 53.9 Å². The number of carbonyl (C=O) groups is 1. The number of hydrogen-bond donors (Lipinski definition) is 0. The SMILES string of the molecule is O=C(c1ccn(C2CCCC2)n1)N1CCN(Cc2ccccc2)C2CCCCC21. The smallest absolute Gasteiger partial charge is 0.274 e. The topological polar surface area (TPSA) is 41.4 Å². The molecule has 2 saturated carbocycles. The highest BCUT2D eigenvalue weighted by Crippen LogP contribution is 2.33. The molecule has 2 heterocycles. The van der Waals surface area contributed by atoms with Crippen molar-refractivity contribution in [1.29, 1.82) is 0 Å². The lowest BCUT2D eigenvalue weighted by atomic mass is 9.85. The van der Waals surface area contributed by atoms with E-state index in [2.05, 4.69) is 40.1 Å². The van der Waals surface area contributed by atoms with E-state index in [9.17, 15) is 4.79 Å². The average Bonchev–Trinajstić information content (AvgIpc) is 3.46. The normalized spacial score (nSPS) is 25.9. The van der Waals surface area contributed by atoms with E-state index < -0.39 is 0 Å². The highest BCUT2D eigenvalue weighted by Gasteiger charge is 2.40. The zero-order chi connectivity index (χ0) is 19.6. The minimum Gasteiger partial charge on any atom is -0.331 e. The van der Waals surface area contributed by atoms with Crippen LogP contribution < -0.4 is 0 Å². The molecule has 3 aliphatic rings. The van der Waals surface area contributed by atoms with Crippen LogP contribution in [-0.4, -0.2) is 50.7 Å². The summed E-state index contributed by atoms with van der Waals surface area (Å²) >= 11 is 0. The van der Waals surface area contributed by atoms with Crippen LogP contribution >= 0.6 is 0 Å². The second-order valence-electron chi connectivity index (χ2n) is 8.99. The molecule has 0 spiro atoms. The van der Waals surface area contributed by atoms with Crippen LogP contribution in [0.2, 0.25) is 0 Å². The van der Waals surface area contributed by atoms with Gasteiger partial charge in [0.2, 0.25) is 0 Å². The van der Waals surface area contributed by atoms with Crippen LogP contribution in [0, 0.1) is 0 Å². The van der Waals surface area contributed by atoms with Gasteiger partial charge >= 0.3 is 0 Å². The van der Waals surface area contributed by atoms with Crippen LogP contribution in [0.15, 0.2) is 42.6 Å². The van der Waals surface area contributed by atoms with E-state index in [-0.39, 0.29) is 5.91 Å². The van der Waals surface area contributed by atoms with Gasteiger partial charge in [-0.05, 0) is 37.3 Å². The van der Waals surface area contributed by atoms with Gasteiger partial charge in [-0.25, -0.2) is 0 Å². The van der Waals surface area contributed by atoms with E-state index in [1.807, 2.05) is 16.9 Å². The van der Waals surface area contributed by atoms with E-state index in [4.69, 9.17) is 5.10 Å². The van der Waals surface area contributed by atoms with E-state index in [1.165, 1.54) is 50.5 Å². The molecule has 5 nitrogen and oxygen atoms in total. The Morgan fingerprint density at radius 1 is 0.897 bits per heavy atom. The second kappa shape index (κ2) is 8.31. The molecule has 1 aromatic heterocycles. The monoisotopic (exact) mass is 392 g/mol. The van der Waals surface area contributed by atoms with Crippen molar-refractivity contribution < 1.29 is 4.79 Å². The molecule has 1 saturated heterocycles. The summed E-state index contributed by atoms with van der Waals surface area (Å²) in [6, 6.07) is 14.0. The Kier molecular flexibility index (Phi) is 5.40. The lowest BCUT2D eigenvalue weighted by molar-refractivity contribution is -0.00279. The number of carbonyl (C=O) groups excluding carboxylic acids is 1. The third-order valence-corrected chi connectivity index (χ3v) is 7.21. The molecule has 1 amide bonds. The van der Waals surface area contributed by atoms with Gasteiger partial charge in [-0.3, -0.25) is 14.4 Å². The number of aromatic nitrogens is 2. The highest BCUT2D eigenvalue weighted by atomic mass is 16.2. The Bertz CT molecular complexity index is 826. The second-order valence-corrected chi connectivity index (χ2v) is 8.99. The van der Waals surface area contributed by atoms with Crippen LogP contribution in [0.25, 0.3) is 0 Å². The molecular formula is C24H32N4O. The molecule has 0 radical (unpaired) electrons. The molecule has 0 N–H and O–H groups in total. The zero-order valence-corrected chi connectivity index (χ0v) is 17.2. The summed E-state index contributed by atoms with van der Waals surface area (Å²) in [5, 5.41) is 4.70. The maximum Gasteiger partial charge on any atom is 0.274 e. The predicted molar refractivity (Wildman–Crippen MR) is 114 cm³/mol. The lowest BCUT2D eigenvalue weighted by Crippen LogP contribution is -2.61. The maximum atomic E-state index is 13.4. The van der Waals surface area contributed by atoms with Gasteiger partial charge in [-0.2, -0.15) is 5.10 Å². The fourth-order valence-electron chi connectivity index (χ4n) is 5.69. The largest absolute Gasteiger partial charge is 0.331 e. The molecule has 2 aliphatic carbocycles. The van der Waals surface area contributed by atoms with E-state index in [1.54, 1.807) is 0 Å². The Labute approximate surface area is 173 Å². The Morgan fingerprint density at radius 2 is 1.62 bits per heavy atom. The third kappa shape index (κ3) is 3.85. The van der Waals surface area contributed by atoms with Crippen molar-refractivity contribution >= 4 is 5.91 Å². The first-order valence-electron chi connectivity index (χ1n) is 11.4. The highest BCUT2D eigenvalue weighted by molar-refractivity contribution is 5.92. The van der Waals surface area contributed by atoms with E-state index in [0.717, 1.165) is 26.1 Å². The minimum absolute atomic E-state index is 0.137. The van der Waals surface area contributed by atoms with Crippen molar-refractivity contribution in [2.24, 2.45) is 0 Å². The van der Waals surface area contributed by atoms with Gasteiger partial charge in [0, 0.05) is 37.9 Å². The number of benzene rings is 1. The van der Waals surface area contributed by atoms with Crippen LogP contribution in [0.3, 0.4) is 0 Å². The minimum atomic E-state index is 0.137. The summed E-state index contributed by atoms with van der Waals surface area (Å²) in [4.78, 5) is 18.1. The number of piperazine rings is 1. The quantitative estimate of drug-likeness (QED) is 0.780. The summed E-state index contributed by atoms with van der Waals surface area (Å²) in [5.41, 5.74) is 2.00. The molecule has 5 rings (SSSR count). The molecule has 5 heteroatoms. The van der Waals surface area contributed by atoms with E-state index in [0.29, 0.717) is 23.8 Å². The molecular weight excluding hydrogens is 360 g/mol. The first-order chi connectivity index (χ1) is 14.3. The summed E-state index contributed by atoms with van der Waals surface area (Å²) in [6.45, 7) is 2.74. The molecule has 154 valence electrons. The Morgan fingerprint density at radius 3 is 2.41 bits per heavy atom. The van der Waals surface area contributed by atoms with Crippen molar-refractivity contribution in [1.82, 2.24) is 19.6 Å². The standard InChI is InChI=1S/C24H32N4O/c29-24(21-14-15-28(25-21)20-10-4-5-11-20)27-17-16-26(18-19-8-2-1-3-9-19)22-12-6-7-13-23(22)27/h1-3,8-9,14-15,20,22-23H,4-7,10-13,16-18H2. The number of nitrogens with zero attached hydrogens (tertiary/aromatic N) is 4. The van der Waals surface area contributed by atoms with Crippen molar-refractivity contribution in [2.75, 3.05) is 13.1 Å². The molecule has 29 heavy (non-hydrogen) atoms. The molecule has 2 aromatic rings. The van der Waals surface area contributed by atoms with Gasteiger partial charge in [0.05, 0.1) is 6.04 Å². The lowest BCUT2D eigenvalue weighted by Gasteiger charge is -2.49. The van der Waals surface area contributed by atoms with Gasteiger partial charge in [0.1, 0.15) is 5.69 Å². The Balaban J connectivity index is 1.31. The van der Waals surface area contributed by atoms with E-state index >= 15 is 0 Å². The first kappa shape index (κ1) is 18.9. The van der Waals surface area contributed by atoms with Crippen molar-refractivity contribution in [3.8, 4) is 0 Å². The van der Waals surface area contributed by atoms with Gasteiger partial charge in [0.25, 0.3) is 5.91 Å². The van der Waals surface area contributed by atoms with Crippen LogP contribution in [0.1, 0.15) is 73.5 Å². The van der Waals surface area contributed by atoms with Crippen LogP contribution in [0.5, 0.6) is 0 Å². The van der Waals surface area contributed by atoms with Crippen molar-refractivity contribution in [2.45, 2.75) is 76.0 Å². The summed E-state index contributed by atoms with van der Waals surface area (Å²) in [5.74, 6) is 0.137. The summed E-state index contributed by atoms with van der Waals surface area (Å²) in [7, 11) is 0. The zero-order valence-electron chi connectivity index (χ0n) is 17.2. The summed E-state index contributed by atoms with van der Waals surface area (Å²) < 4.78 is 2.05. The number of amides is 1.